The van der Waals surface area contributed by atoms with Crippen LogP contribution >= 0.6 is 0 Å². The minimum absolute atomic E-state index is 0.0327. The number of nitrogens with one attached hydrogen (secondary N) is 1. The molecule has 1 saturated carbocycles. The Kier molecular flexibility index (Phi) is 9.37. The molecule has 0 aromatic heterocycles. The Labute approximate surface area is 274 Å². The molecule has 2 amide bonds. The molecule has 0 saturated heterocycles. The first kappa shape index (κ1) is 35.8. The van der Waals surface area contributed by atoms with E-state index in [0.29, 0.717) is 16.9 Å². The molecule has 0 heterocycles. The Morgan fingerprint density at radius 1 is 1.02 bits per heavy atom. The summed E-state index contributed by atoms with van der Waals surface area (Å²) >= 11 is 0. The molecule has 18 heteroatoms. The van der Waals surface area contributed by atoms with E-state index in [1.807, 2.05) is 0 Å². The maximum absolute atomic E-state index is 14.1. The number of nitrogens with two attached hydrogens (primary N) is 2. The molecule has 1 fully saturated rings. The van der Waals surface area contributed by atoms with Gasteiger partial charge in [0, 0.05) is 42.5 Å². The van der Waals surface area contributed by atoms with Crippen molar-refractivity contribution in [1.82, 2.24) is 4.90 Å². The molecule has 0 radical (unpaired) electrons. The van der Waals surface area contributed by atoms with Crippen LogP contribution in [0.15, 0.2) is 47.2 Å². The van der Waals surface area contributed by atoms with Gasteiger partial charge in [0.05, 0.1) is 17.3 Å². The Morgan fingerprint density at radius 3 is 2.08 bits per heavy atom. The maximum atomic E-state index is 14.1. The van der Waals surface area contributed by atoms with Gasteiger partial charge in [-0.15, -0.1) is 0 Å². The fourth-order valence-corrected chi connectivity index (χ4v) is 6.62. The minimum atomic E-state index is -4.67. The van der Waals surface area contributed by atoms with Gasteiger partial charge in [0.2, 0.25) is 5.78 Å². The minimum Gasteiger partial charge on any atom is -0.508 e. The highest BCUT2D eigenvalue weighted by Gasteiger charge is 2.64. The number of hydrogen-bond acceptors (Lipinski definition) is 13. The smallest absolute Gasteiger partial charge is 0.394 e. The Balaban J connectivity index is 0.000000968. The first-order valence-electron chi connectivity index (χ1n) is 14.2. The van der Waals surface area contributed by atoms with Crippen LogP contribution in [0, 0.1) is 11.8 Å². The number of carbonyl (C=O) groups excluding carboxylic acids is 4. The normalized spacial score (nSPS) is 23.5. The van der Waals surface area contributed by atoms with Crippen LogP contribution in [0.5, 0.6) is 5.75 Å². The predicted molar refractivity (Wildman–Crippen MR) is 172 cm³/mol. The molecule has 3 aliphatic rings. The van der Waals surface area contributed by atoms with Crippen molar-refractivity contribution < 1.29 is 57.1 Å². The molecule has 0 spiro atoms. The molecular weight excluding hydrogens is 654 g/mol. The van der Waals surface area contributed by atoms with Crippen LogP contribution in [-0.4, -0.2) is 106 Å². The lowest BCUT2D eigenvalue weighted by Crippen LogP contribution is -2.65. The van der Waals surface area contributed by atoms with E-state index in [1.165, 1.54) is 31.1 Å². The lowest BCUT2D eigenvalue weighted by molar-refractivity contribution is -0.153. The summed E-state index contributed by atoms with van der Waals surface area (Å²) in [5.41, 5.74) is 8.70. The van der Waals surface area contributed by atoms with E-state index in [2.05, 4.69) is 5.32 Å². The van der Waals surface area contributed by atoms with E-state index < -0.39 is 80.1 Å². The van der Waals surface area contributed by atoms with E-state index in [0.717, 1.165) is 0 Å². The van der Waals surface area contributed by atoms with Crippen LogP contribution in [0.2, 0.25) is 0 Å². The summed E-state index contributed by atoms with van der Waals surface area (Å²) in [4.78, 5) is 55.6. The largest absolute Gasteiger partial charge is 0.508 e. The topological polar surface area (TPSA) is 294 Å². The number of nitrogen functional groups attached to an aromatic ring is 1. The number of fused-ring (bicyclic) bond motifs is 3. The highest BCUT2D eigenvalue weighted by Crippen LogP contribution is 2.54. The standard InChI is InChI=1S/C30H33N5O8.H2O4S/c1-34(2)18-11-17(33-29(42)12-5-7-14(31)8-6-12)23(36)20-15(18)9-13-10-16-22(35(3)4)25(38)21(28(32)41)27(40)30(16,43)26(39)19(13)24(20)37;1-5(2,3)4/h5-8,11,13,16,22,36-37,40,43H,9-10,31H2,1-4H3,(H2,32,41)(H,33,42);(H2,1,2,3,4)/t13?,16?,22-,30-;/m0./s1. The van der Waals surface area contributed by atoms with Crippen LogP contribution < -0.4 is 21.7 Å². The maximum Gasteiger partial charge on any atom is 0.394 e. The summed E-state index contributed by atoms with van der Waals surface area (Å²) in [6.45, 7) is 0. The van der Waals surface area contributed by atoms with Gasteiger partial charge in [-0.25, -0.2) is 0 Å². The van der Waals surface area contributed by atoms with Gasteiger partial charge in [-0.05, 0) is 68.8 Å². The van der Waals surface area contributed by atoms with Gasteiger partial charge >= 0.3 is 10.4 Å². The van der Waals surface area contributed by atoms with E-state index in [9.17, 15) is 39.6 Å². The second kappa shape index (κ2) is 12.5. The zero-order chi connectivity index (χ0) is 36.2. The van der Waals surface area contributed by atoms with Crippen LogP contribution in [0.25, 0.3) is 5.76 Å². The van der Waals surface area contributed by atoms with Crippen LogP contribution in [0.1, 0.15) is 27.9 Å². The van der Waals surface area contributed by atoms with Gasteiger partial charge in [0.15, 0.2) is 11.4 Å². The monoisotopic (exact) mass is 689 g/mol. The van der Waals surface area contributed by atoms with Gasteiger partial charge in [0.25, 0.3) is 11.8 Å². The average molecular weight is 690 g/mol. The Hall–Kier alpha value is -5.01. The zero-order valence-corrected chi connectivity index (χ0v) is 26.9. The van der Waals surface area contributed by atoms with Crippen molar-refractivity contribution in [1.29, 1.82) is 0 Å². The predicted octanol–water partition coefficient (Wildman–Crippen LogP) is 0.212. The number of benzene rings is 2. The number of amides is 2. The summed E-state index contributed by atoms with van der Waals surface area (Å²) in [6, 6.07) is 6.47. The molecule has 2 unspecified atom stereocenters. The SMILES string of the molecule is CN(C)c1cc(NC(=O)c2ccc(N)cc2)c(O)c2c1CC1CC3[C@H](N(C)C)C(=O)C(C(N)=O)=C(O)[C@@]3(O)C(=O)C1=C2O.O=S(=O)(O)O. The van der Waals surface area contributed by atoms with E-state index >= 15 is 0 Å². The van der Waals surface area contributed by atoms with Crippen molar-refractivity contribution in [2.24, 2.45) is 17.6 Å². The summed E-state index contributed by atoms with van der Waals surface area (Å²) < 4.78 is 31.6. The lowest BCUT2D eigenvalue weighted by atomic mass is 9.57. The number of ketones is 2. The molecule has 17 nitrogen and oxygen atoms in total. The molecule has 48 heavy (non-hydrogen) atoms. The molecule has 2 aromatic rings. The molecule has 5 rings (SSSR count). The van der Waals surface area contributed by atoms with Crippen LogP contribution in [0.4, 0.5) is 17.1 Å². The summed E-state index contributed by atoms with van der Waals surface area (Å²) in [6.07, 6.45) is 0.0802. The number of phenolic OH excluding ortho intramolecular Hbond substituents is 1. The summed E-state index contributed by atoms with van der Waals surface area (Å²) in [7, 11) is 1.87. The number of Topliss-reactive ketones (excluding diaryl/α,β-unsaturated/α-hetero) is 2. The fraction of sp³-hybridized carbons (Fsp3) is 0.333. The number of nitrogens with zero attached hydrogens (tertiary/aromatic N) is 2. The van der Waals surface area contributed by atoms with Crippen LogP contribution in [0.3, 0.4) is 0 Å². The third-order valence-electron chi connectivity index (χ3n) is 8.60. The molecular formula is C30H35N5O12S. The third-order valence-corrected chi connectivity index (χ3v) is 8.60. The average Bonchev–Trinajstić information content (AvgIpc) is 2.95. The molecule has 0 aliphatic heterocycles. The molecule has 258 valence electrons. The van der Waals surface area contributed by atoms with Crippen molar-refractivity contribution in [3.8, 4) is 5.75 Å². The molecule has 0 bridgehead atoms. The van der Waals surface area contributed by atoms with Gasteiger partial charge in [0.1, 0.15) is 22.8 Å². The number of aliphatic hydroxyl groups is 3. The highest BCUT2D eigenvalue weighted by molar-refractivity contribution is 7.79. The number of phenols is 1. The van der Waals surface area contributed by atoms with Crippen molar-refractivity contribution >= 4 is 56.6 Å². The van der Waals surface area contributed by atoms with Gasteiger partial charge in [-0.1, -0.05) is 0 Å². The molecule has 11 N–H and O–H groups in total. The summed E-state index contributed by atoms with van der Waals surface area (Å²) in [5.74, 6) is -8.05. The quantitative estimate of drug-likeness (QED) is 0.0877. The number of carbonyl (C=O) groups is 4. The lowest BCUT2D eigenvalue weighted by Gasteiger charge is -2.50. The van der Waals surface area contributed by atoms with Crippen molar-refractivity contribution in [2.45, 2.75) is 24.5 Å². The fourth-order valence-electron chi connectivity index (χ4n) is 6.62. The van der Waals surface area contributed by atoms with Gasteiger partial charge in [-0.2, -0.15) is 8.42 Å². The number of aliphatic hydroxyl groups excluding tert-OH is 2. The van der Waals surface area contributed by atoms with E-state index in [4.69, 9.17) is 29.0 Å². The second-order valence-electron chi connectivity index (χ2n) is 12.0. The van der Waals surface area contributed by atoms with Crippen LogP contribution in [-0.2, 0) is 31.2 Å². The zero-order valence-electron chi connectivity index (χ0n) is 26.1. The Bertz CT molecular complexity index is 1890. The van der Waals surface area contributed by atoms with E-state index in [1.54, 1.807) is 37.2 Å². The first-order chi connectivity index (χ1) is 22.1. The highest BCUT2D eigenvalue weighted by atomic mass is 32.3. The molecule has 4 atom stereocenters. The second-order valence-corrected chi connectivity index (χ2v) is 12.9. The number of anilines is 3. The molecule has 3 aliphatic carbocycles. The number of hydrogen-bond donors (Lipinski definition) is 9. The van der Waals surface area contributed by atoms with E-state index in [-0.39, 0.29) is 35.2 Å². The number of likely N-dealkylation sites (N-methyl/N-ethyl adjacent to an activating group) is 1. The summed E-state index contributed by atoms with van der Waals surface area (Å²) in [5, 5.41) is 48.4. The van der Waals surface area contributed by atoms with Gasteiger partial charge in [-0.3, -0.25) is 33.2 Å². The first-order valence-corrected chi connectivity index (χ1v) is 15.6. The van der Waals surface area contributed by atoms with Gasteiger partial charge < -0.3 is 42.1 Å². The molecule has 2 aromatic carbocycles. The Morgan fingerprint density at radius 2 is 1.58 bits per heavy atom. The van der Waals surface area contributed by atoms with Crippen molar-refractivity contribution in [3.05, 3.63) is 63.9 Å². The number of primary amides is 1. The van der Waals surface area contributed by atoms with Crippen molar-refractivity contribution in [3.63, 3.8) is 0 Å². The van der Waals surface area contributed by atoms with Crippen molar-refractivity contribution in [2.75, 3.05) is 44.1 Å². The number of rotatable bonds is 5. The number of aromatic hydroxyl groups is 1. The third kappa shape index (κ3) is 6.18.